The Morgan fingerprint density at radius 2 is 1.88 bits per heavy atom. The molecule has 25 heavy (non-hydrogen) atoms. The van der Waals surface area contributed by atoms with E-state index in [1.54, 1.807) is 0 Å². The second kappa shape index (κ2) is 7.13. The van der Waals surface area contributed by atoms with Crippen molar-refractivity contribution in [2.24, 2.45) is 0 Å². The van der Waals surface area contributed by atoms with Gasteiger partial charge in [-0.2, -0.15) is 0 Å². The Hall–Kier alpha value is -2.57. The minimum absolute atomic E-state index is 0.122. The number of amides is 4. The smallest absolute Gasteiger partial charge is 0.325 e. The normalized spacial score (nSPS) is 18.6. The third kappa shape index (κ3) is 3.75. The number of rotatable bonds is 6. The van der Waals surface area contributed by atoms with E-state index in [0.717, 1.165) is 18.4 Å². The fourth-order valence-electron chi connectivity index (χ4n) is 3.53. The number of imide groups is 1. The van der Waals surface area contributed by atoms with Crippen molar-refractivity contribution in [3.8, 4) is 0 Å². The summed E-state index contributed by atoms with van der Waals surface area (Å²) in [7, 11) is 0. The first-order valence-electron chi connectivity index (χ1n) is 8.75. The zero-order chi connectivity index (χ0) is 17.9. The molecule has 1 saturated heterocycles. The fraction of sp³-hybridized carbons (Fsp3) is 0.500. The number of carbonyl (C=O) groups excluding carboxylic acids is 3. The van der Waals surface area contributed by atoms with Crippen molar-refractivity contribution >= 4 is 23.5 Å². The molecule has 7 heteroatoms. The van der Waals surface area contributed by atoms with Gasteiger partial charge in [0.15, 0.2) is 0 Å². The summed E-state index contributed by atoms with van der Waals surface area (Å²) >= 11 is 0. The van der Waals surface area contributed by atoms with Gasteiger partial charge < -0.3 is 16.4 Å². The molecule has 3 rings (SSSR count). The van der Waals surface area contributed by atoms with Crippen molar-refractivity contribution in [2.75, 3.05) is 18.8 Å². The molecule has 1 aliphatic carbocycles. The van der Waals surface area contributed by atoms with E-state index in [0.29, 0.717) is 31.5 Å². The SMILES string of the molecule is Nc1ccc(CCNC(=O)CCN2C(=O)NC3(CCCC3)C2=O)cc1. The first-order valence-corrected chi connectivity index (χ1v) is 8.75. The van der Waals surface area contributed by atoms with Crippen LogP contribution in [-0.2, 0) is 16.0 Å². The number of nitrogen functional groups attached to an aromatic ring is 1. The van der Waals surface area contributed by atoms with Gasteiger partial charge >= 0.3 is 6.03 Å². The van der Waals surface area contributed by atoms with Crippen LogP contribution in [0.1, 0.15) is 37.7 Å². The van der Waals surface area contributed by atoms with Crippen LogP contribution in [0.2, 0.25) is 0 Å². The maximum atomic E-state index is 12.5. The Balaban J connectivity index is 1.42. The van der Waals surface area contributed by atoms with Gasteiger partial charge in [0, 0.05) is 25.2 Å². The van der Waals surface area contributed by atoms with Gasteiger partial charge in [0.05, 0.1) is 0 Å². The van der Waals surface area contributed by atoms with Crippen molar-refractivity contribution in [1.29, 1.82) is 0 Å². The number of anilines is 1. The Bertz CT molecular complexity index is 665. The molecule has 0 atom stereocenters. The van der Waals surface area contributed by atoms with Crippen LogP contribution in [0.25, 0.3) is 0 Å². The molecule has 134 valence electrons. The fourth-order valence-corrected chi connectivity index (χ4v) is 3.53. The van der Waals surface area contributed by atoms with Crippen LogP contribution in [0.4, 0.5) is 10.5 Å². The number of hydrogen-bond donors (Lipinski definition) is 3. The summed E-state index contributed by atoms with van der Waals surface area (Å²) in [5.41, 5.74) is 6.73. The first kappa shape index (κ1) is 17.3. The molecular weight excluding hydrogens is 320 g/mol. The number of nitrogens with one attached hydrogen (secondary N) is 2. The molecule has 4 amide bonds. The van der Waals surface area contributed by atoms with Gasteiger partial charge in [-0.25, -0.2) is 4.79 Å². The Labute approximate surface area is 146 Å². The second-order valence-electron chi connectivity index (χ2n) is 6.77. The molecule has 7 nitrogen and oxygen atoms in total. The van der Waals surface area contributed by atoms with E-state index in [2.05, 4.69) is 10.6 Å². The van der Waals surface area contributed by atoms with Crippen LogP contribution in [0.15, 0.2) is 24.3 Å². The molecule has 1 heterocycles. The maximum Gasteiger partial charge on any atom is 0.325 e. The van der Waals surface area contributed by atoms with Crippen molar-refractivity contribution in [1.82, 2.24) is 15.5 Å². The van der Waals surface area contributed by atoms with Crippen molar-refractivity contribution in [3.63, 3.8) is 0 Å². The average Bonchev–Trinajstić information content (AvgIpc) is 3.14. The van der Waals surface area contributed by atoms with Gasteiger partial charge in [-0.3, -0.25) is 14.5 Å². The van der Waals surface area contributed by atoms with E-state index < -0.39 is 5.54 Å². The van der Waals surface area contributed by atoms with E-state index in [1.807, 2.05) is 24.3 Å². The molecule has 4 N–H and O–H groups in total. The molecule has 2 aliphatic rings. The van der Waals surface area contributed by atoms with Crippen LogP contribution >= 0.6 is 0 Å². The van der Waals surface area contributed by atoms with Crippen LogP contribution < -0.4 is 16.4 Å². The molecule has 2 fully saturated rings. The number of urea groups is 1. The summed E-state index contributed by atoms with van der Waals surface area (Å²) in [6.07, 6.45) is 4.12. The van der Waals surface area contributed by atoms with Gasteiger partial charge in [0.25, 0.3) is 5.91 Å². The summed E-state index contributed by atoms with van der Waals surface area (Å²) < 4.78 is 0. The van der Waals surface area contributed by atoms with Crippen LogP contribution in [0, 0.1) is 0 Å². The summed E-state index contributed by atoms with van der Waals surface area (Å²) in [6.45, 7) is 0.632. The largest absolute Gasteiger partial charge is 0.399 e. The lowest BCUT2D eigenvalue weighted by atomic mass is 9.98. The zero-order valence-electron chi connectivity index (χ0n) is 14.2. The predicted molar refractivity (Wildman–Crippen MR) is 93.6 cm³/mol. The number of benzene rings is 1. The van der Waals surface area contributed by atoms with Crippen molar-refractivity contribution < 1.29 is 14.4 Å². The monoisotopic (exact) mass is 344 g/mol. The summed E-state index contributed by atoms with van der Waals surface area (Å²) in [5.74, 6) is -0.340. The molecule has 1 aromatic carbocycles. The zero-order valence-corrected chi connectivity index (χ0v) is 14.2. The van der Waals surface area contributed by atoms with Crippen LogP contribution in [0.3, 0.4) is 0 Å². The lowest BCUT2D eigenvalue weighted by Crippen LogP contribution is -2.44. The number of nitrogens with two attached hydrogens (primary N) is 1. The molecule has 1 saturated carbocycles. The predicted octanol–water partition coefficient (Wildman–Crippen LogP) is 1.18. The number of hydrogen-bond acceptors (Lipinski definition) is 4. The Morgan fingerprint density at radius 3 is 2.56 bits per heavy atom. The summed E-state index contributed by atoms with van der Waals surface area (Å²) in [4.78, 5) is 37.7. The van der Waals surface area contributed by atoms with Gasteiger partial charge in [-0.15, -0.1) is 0 Å². The lowest BCUT2D eigenvalue weighted by molar-refractivity contribution is -0.131. The van der Waals surface area contributed by atoms with E-state index >= 15 is 0 Å². The number of nitrogens with zero attached hydrogens (tertiary/aromatic N) is 1. The standard InChI is InChI=1S/C18H24N4O3/c19-14-5-3-13(4-6-14)7-11-20-15(23)8-12-22-16(24)18(21-17(22)25)9-1-2-10-18/h3-6H,1-2,7-12,19H2,(H,20,23)(H,21,25). The van der Waals surface area contributed by atoms with E-state index in [-0.39, 0.29) is 30.8 Å². The third-order valence-electron chi connectivity index (χ3n) is 4.98. The van der Waals surface area contributed by atoms with E-state index in [4.69, 9.17) is 5.73 Å². The first-order chi connectivity index (χ1) is 12.0. The third-order valence-corrected chi connectivity index (χ3v) is 4.98. The Morgan fingerprint density at radius 1 is 1.20 bits per heavy atom. The highest BCUT2D eigenvalue weighted by Crippen LogP contribution is 2.34. The molecule has 1 aliphatic heterocycles. The average molecular weight is 344 g/mol. The molecule has 0 aromatic heterocycles. The van der Waals surface area contributed by atoms with E-state index in [9.17, 15) is 14.4 Å². The lowest BCUT2D eigenvalue weighted by Gasteiger charge is -2.19. The molecule has 0 bridgehead atoms. The quantitative estimate of drug-likeness (QED) is 0.532. The highest BCUT2D eigenvalue weighted by Gasteiger charge is 2.52. The van der Waals surface area contributed by atoms with Crippen LogP contribution in [-0.4, -0.2) is 41.4 Å². The molecule has 0 unspecified atom stereocenters. The maximum absolute atomic E-state index is 12.5. The number of carbonyl (C=O) groups is 3. The molecular formula is C18H24N4O3. The van der Waals surface area contributed by atoms with Gasteiger partial charge in [0.1, 0.15) is 5.54 Å². The summed E-state index contributed by atoms with van der Waals surface area (Å²) in [5, 5.41) is 5.64. The molecule has 0 radical (unpaired) electrons. The van der Waals surface area contributed by atoms with Gasteiger partial charge in [0.2, 0.25) is 5.91 Å². The van der Waals surface area contributed by atoms with Crippen molar-refractivity contribution in [3.05, 3.63) is 29.8 Å². The van der Waals surface area contributed by atoms with E-state index in [1.165, 1.54) is 4.90 Å². The molecule has 1 spiro atoms. The molecule has 1 aromatic rings. The summed E-state index contributed by atoms with van der Waals surface area (Å²) in [6, 6.07) is 7.13. The highest BCUT2D eigenvalue weighted by atomic mass is 16.2. The van der Waals surface area contributed by atoms with Gasteiger partial charge in [-0.1, -0.05) is 25.0 Å². The topological polar surface area (TPSA) is 105 Å². The van der Waals surface area contributed by atoms with Crippen LogP contribution in [0.5, 0.6) is 0 Å². The minimum Gasteiger partial charge on any atom is -0.399 e. The highest BCUT2D eigenvalue weighted by molar-refractivity contribution is 6.07. The van der Waals surface area contributed by atoms with Gasteiger partial charge in [-0.05, 0) is 37.0 Å². The van der Waals surface area contributed by atoms with Crippen molar-refractivity contribution in [2.45, 2.75) is 44.1 Å². The minimum atomic E-state index is -0.706. The Kier molecular flexibility index (Phi) is 4.92. The second-order valence-corrected chi connectivity index (χ2v) is 6.77.